The first-order chi connectivity index (χ1) is 12.8. The number of amides is 1. The topological polar surface area (TPSA) is 66.5 Å². The quantitative estimate of drug-likeness (QED) is 0.712. The van der Waals surface area contributed by atoms with E-state index in [1.54, 1.807) is 12.1 Å². The molecule has 0 radical (unpaired) electrons. The maximum absolute atomic E-state index is 13.9. The molecule has 2 aromatic rings. The third-order valence-electron chi connectivity index (χ3n) is 4.36. The highest BCUT2D eigenvalue weighted by Crippen LogP contribution is 2.28. The van der Waals surface area contributed by atoms with Crippen LogP contribution in [0.3, 0.4) is 0 Å². The van der Waals surface area contributed by atoms with Crippen LogP contribution in [-0.2, 0) is 14.8 Å². The molecule has 1 fully saturated rings. The van der Waals surface area contributed by atoms with Crippen LogP contribution in [-0.4, -0.2) is 31.2 Å². The predicted molar refractivity (Wildman–Crippen MR) is 106 cm³/mol. The first kappa shape index (κ1) is 20.3. The van der Waals surface area contributed by atoms with Gasteiger partial charge in [-0.2, -0.15) is 4.31 Å². The van der Waals surface area contributed by atoms with Gasteiger partial charge >= 0.3 is 0 Å². The van der Waals surface area contributed by atoms with Crippen molar-refractivity contribution in [2.24, 2.45) is 0 Å². The molecule has 1 atom stereocenters. The lowest BCUT2D eigenvalue weighted by Gasteiger charge is -2.33. The maximum Gasteiger partial charge on any atom is 0.243 e. The number of carbonyl (C=O) groups excluding carboxylic acids is 1. The van der Waals surface area contributed by atoms with Crippen molar-refractivity contribution in [3.05, 3.63) is 57.8 Å². The van der Waals surface area contributed by atoms with E-state index in [4.69, 9.17) is 11.6 Å². The summed E-state index contributed by atoms with van der Waals surface area (Å²) in [6, 6.07) is 9.14. The summed E-state index contributed by atoms with van der Waals surface area (Å²) in [7, 11) is -3.85. The molecule has 1 N–H and O–H groups in total. The molecule has 1 saturated heterocycles. The Bertz CT molecular complexity index is 954. The largest absolute Gasteiger partial charge is 0.322 e. The first-order valence-electron chi connectivity index (χ1n) is 8.32. The highest BCUT2D eigenvalue weighted by atomic mass is 79.9. The van der Waals surface area contributed by atoms with Gasteiger partial charge in [0.2, 0.25) is 15.9 Å². The van der Waals surface area contributed by atoms with Crippen LogP contribution >= 0.6 is 27.5 Å². The molecule has 5 nitrogen and oxygen atoms in total. The fraction of sp³-hybridized carbons (Fsp3) is 0.278. The molecule has 2 aromatic carbocycles. The Morgan fingerprint density at radius 3 is 2.59 bits per heavy atom. The van der Waals surface area contributed by atoms with E-state index in [1.165, 1.54) is 28.6 Å². The van der Waals surface area contributed by atoms with Gasteiger partial charge < -0.3 is 5.32 Å². The Kier molecular flexibility index (Phi) is 6.20. The molecule has 1 heterocycles. The van der Waals surface area contributed by atoms with Crippen molar-refractivity contribution in [3.8, 4) is 0 Å². The van der Waals surface area contributed by atoms with Crippen molar-refractivity contribution in [1.29, 1.82) is 0 Å². The minimum atomic E-state index is -3.85. The number of nitrogens with one attached hydrogen (secondary N) is 1. The lowest BCUT2D eigenvalue weighted by molar-refractivity contribution is -0.120. The van der Waals surface area contributed by atoms with Gasteiger partial charge in [0.1, 0.15) is 11.9 Å². The Balaban J connectivity index is 1.87. The average Bonchev–Trinajstić information content (AvgIpc) is 2.65. The highest BCUT2D eigenvalue weighted by Gasteiger charge is 2.37. The van der Waals surface area contributed by atoms with Crippen molar-refractivity contribution in [3.63, 3.8) is 0 Å². The van der Waals surface area contributed by atoms with Crippen LogP contribution in [0.2, 0.25) is 5.02 Å². The summed E-state index contributed by atoms with van der Waals surface area (Å²) in [5.74, 6) is -1.21. The number of rotatable bonds is 4. The van der Waals surface area contributed by atoms with E-state index >= 15 is 0 Å². The third-order valence-corrected chi connectivity index (χ3v) is 7.05. The lowest BCUT2D eigenvalue weighted by atomic mass is 10.0. The van der Waals surface area contributed by atoms with Crippen LogP contribution in [0, 0.1) is 5.82 Å². The molecule has 1 unspecified atom stereocenters. The molecular formula is C18H17BrClFN2O3S. The molecule has 3 rings (SSSR count). The van der Waals surface area contributed by atoms with Gasteiger partial charge in [0.15, 0.2) is 0 Å². The summed E-state index contributed by atoms with van der Waals surface area (Å²) in [5, 5.41) is 2.74. The Hall–Kier alpha value is -1.48. The van der Waals surface area contributed by atoms with Crippen LogP contribution in [0.1, 0.15) is 19.3 Å². The fourth-order valence-corrected chi connectivity index (χ4v) is 5.10. The standard InChI is InChI=1S/C18H17BrClFN2O3S/c19-12-4-7-14(8-5-12)27(25,26)23-10-2-1-3-17(23)18(24)22-16-11-13(20)6-9-15(16)21/h4-9,11,17H,1-3,10H2,(H,22,24). The second kappa shape index (κ2) is 8.26. The average molecular weight is 476 g/mol. The summed E-state index contributed by atoms with van der Waals surface area (Å²) in [6.45, 7) is 0.231. The SMILES string of the molecule is O=C(Nc1cc(Cl)ccc1F)C1CCCCN1S(=O)(=O)c1ccc(Br)cc1. The molecule has 144 valence electrons. The van der Waals surface area contributed by atoms with Gasteiger partial charge in [-0.05, 0) is 55.3 Å². The summed E-state index contributed by atoms with van der Waals surface area (Å²) < 4.78 is 41.9. The van der Waals surface area contributed by atoms with Gasteiger partial charge in [0, 0.05) is 16.0 Å². The number of anilines is 1. The number of hydrogen-bond donors (Lipinski definition) is 1. The van der Waals surface area contributed by atoms with E-state index in [0.717, 1.165) is 10.5 Å². The number of piperidine rings is 1. The maximum atomic E-state index is 13.9. The van der Waals surface area contributed by atoms with Crippen LogP contribution in [0.4, 0.5) is 10.1 Å². The summed E-state index contributed by atoms with van der Waals surface area (Å²) >= 11 is 9.13. The van der Waals surface area contributed by atoms with Crippen LogP contribution < -0.4 is 5.32 Å². The molecule has 1 aliphatic heterocycles. The number of nitrogens with zero attached hydrogens (tertiary/aromatic N) is 1. The zero-order valence-electron chi connectivity index (χ0n) is 14.2. The normalized spacial score (nSPS) is 18.3. The highest BCUT2D eigenvalue weighted by molar-refractivity contribution is 9.10. The number of halogens is 3. The molecule has 1 aliphatic rings. The van der Waals surface area contributed by atoms with Crippen molar-refractivity contribution < 1.29 is 17.6 Å². The van der Waals surface area contributed by atoms with Gasteiger partial charge in [-0.1, -0.05) is 34.0 Å². The Morgan fingerprint density at radius 1 is 1.19 bits per heavy atom. The number of carbonyl (C=O) groups is 1. The van der Waals surface area contributed by atoms with Crippen molar-refractivity contribution in [2.75, 3.05) is 11.9 Å². The predicted octanol–water partition coefficient (Wildman–Crippen LogP) is 4.42. The number of hydrogen-bond acceptors (Lipinski definition) is 3. The molecule has 27 heavy (non-hydrogen) atoms. The lowest BCUT2D eigenvalue weighted by Crippen LogP contribution is -2.49. The second-order valence-electron chi connectivity index (χ2n) is 6.19. The summed E-state index contributed by atoms with van der Waals surface area (Å²) in [6.07, 6.45) is 1.73. The van der Waals surface area contributed by atoms with Crippen molar-refractivity contribution in [1.82, 2.24) is 4.31 Å². The zero-order chi connectivity index (χ0) is 19.6. The van der Waals surface area contributed by atoms with E-state index < -0.39 is 27.8 Å². The van der Waals surface area contributed by atoms with Gasteiger partial charge in [0.05, 0.1) is 10.6 Å². The van der Waals surface area contributed by atoms with E-state index in [-0.39, 0.29) is 22.2 Å². The van der Waals surface area contributed by atoms with Gasteiger partial charge in [-0.3, -0.25) is 4.79 Å². The van der Waals surface area contributed by atoms with E-state index in [9.17, 15) is 17.6 Å². The molecule has 0 aromatic heterocycles. The van der Waals surface area contributed by atoms with Gasteiger partial charge in [0.25, 0.3) is 0 Å². The number of sulfonamides is 1. The summed E-state index contributed by atoms with van der Waals surface area (Å²) in [4.78, 5) is 12.8. The second-order valence-corrected chi connectivity index (χ2v) is 9.44. The van der Waals surface area contributed by atoms with Crippen LogP contribution in [0.25, 0.3) is 0 Å². The van der Waals surface area contributed by atoms with Crippen LogP contribution in [0.15, 0.2) is 51.8 Å². The minimum Gasteiger partial charge on any atom is -0.322 e. The molecule has 1 amide bonds. The minimum absolute atomic E-state index is 0.0703. The Morgan fingerprint density at radius 2 is 1.89 bits per heavy atom. The Labute approximate surface area is 170 Å². The first-order valence-corrected chi connectivity index (χ1v) is 10.9. The molecule has 0 bridgehead atoms. The fourth-order valence-electron chi connectivity index (χ4n) is 3.01. The number of benzene rings is 2. The van der Waals surface area contributed by atoms with Crippen molar-refractivity contribution >= 4 is 49.1 Å². The van der Waals surface area contributed by atoms with E-state index in [2.05, 4.69) is 21.2 Å². The van der Waals surface area contributed by atoms with Gasteiger partial charge in [-0.25, -0.2) is 12.8 Å². The van der Waals surface area contributed by atoms with Gasteiger partial charge in [-0.15, -0.1) is 0 Å². The van der Waals surface area contributed by atoms with Crippen molar-refractivity contribution in [2.45, 2.75) is 30.2 Å². The molecule has 0 saturated carbocycles. The molecule has 9 heteroatoms. The summed E-state index contributed by atoms with van der Waals surface area (Å²) in [5.41, 5.74) is -0.0703. The molecule has 0 aliphatic carbocycles. The zero-order valence-corrected chi connectivity index (χ0v) is 17.3. The third kappa shape index (κ3) is 4.51. The van der Waals surface area contributed by atoms with E-state index in [1.807, 2.05) is 0 Å². The monoisotopic (exact) mass is 474 g/mol. The smallest absolute Gasteiger partial charge is 0.243 e. The van der Waals surface area contributed by atoms with Crippen LogP contribution in [0.5, 0.6) is 0 Å². The van der Waals surface area contributed by atoms with E-state index in [0.29, 0.717) is 19.3 Å². The molecular weight excluding hydrogens is 459 g/mol. The molecule has 0 spiro atoms.